The molecular weight excluding hydrogens is 286 g/mol. The van der Waals surface area contributed by atoms with Crippen molar-refractivity contribution in [3.63, 3.8) is 0 Å². The predicted molar refractivity (Wildman–Crippen MR) is 80.8 cm³/mol. The summed E-state index contributed by atoms with van der Waals surface area (Å²) in [7, 11) is 1.74. The van der Waals surface area contributed by atoms with Gasteiger partial charge in [-0.2, -0.15) is 0 Å². The molecule has 0 spiro atoms. The third-order valence-electron chi connectivity index (χ3n) is 2.87. The van der Waals surface area contributed by atoms with E-state index in [1.54, 1.807) is 29.7 Å². The Labute approximate surface area is 127 Å². The minimum Gasteiger partial charge on any atom is -0.384 e. The minimum atomic E-state index is -0.220. The summed E-state index contributed by atoms with van der Waals surface area (Å²) in [6.07, 6.45) is 3.08. The largest absolute Gasteiger partial charge is 0.384 e. The summed E-state index contributed by atoms with van der Waals surface area (Å²) in [5, 5.41) is 8.69. The lowest BCUT2D eigenvalue weighted by molar-refractivity contribution is 0.0786. The van der Waals surface area contributed by atoms with Crippen molar-refractivity contribution in [3.05, 3.63) is 45.7 Å². The molecule has 0 saturated carbocycles. The molecule has 0 bridgehead atoms. The summed E-state index contributed by atoms with van der Waals surface area (Å²) in [6.45, 7) is 2.22. The smallest absolute Gasteiger partial charge is 0.255 e. The van der Waals surface area contributed by atoms with Crippen LogP contribution < -0.4 is 0 Å². The van der Waals surface area contributed by atoms with Crippen LogP contribution in [0.2, 0.25) is 0 Å². The molecule has 0 aliphatic heterocycles. The predicted octanol–water partition coefficient (Wildman–Crippen LogP) is 1.46. The van der Waals surface area contributed by atoms with Crippen LogP contribution in [0.1, 0.15) is 26.5 Å². The summed E-state index contributed by atoms with van der Waals surface area (Å²) in [6, 6.07) is 1.67. The summed E-state index contributed by atoms with van der Waals surface area (Å²) in [5.74, 6) is 5.16. The van der Waals surface area contributed by atoms with Gasteiger partial charge >= 0.3 is 0 Å². The van der Waals surface area contributed by atoms with Gasteiger partial charge in [0, 0.05) is 29.9 Å². The second-order valence-electron chi connectivity index (χ2n) is 4.44. The highest BCUT2D eigenvalue weighted by molar-refractivity contribution is 7.09. The maximum absolute atomic E-state index is 12.4. The van der Waals surface area contributed by atoms with Gasteiger partial charge in [-0.25, -0.2) is 4.98 Å². The van der Waals surface area contributed by atoms with Crippen molar-refractivity contribution in [1.82, 2.24) is 14.9 Å². The highest BCUT2D eigenvalue weighted by Crippen LogP contribution is 2.15. The summed E-state index contributed by atoms with van der Waals surface area (Å²) in [5.41, 5.74) is 3.80. The van der Waals surface area contributed by atoms with Gasteiger partial charge in [0.2, 0.25) is 0 Å². The third kappa shape index (κ3) is 3.88. The summed E-state index contributed by atoms with van der Waals surface area (Å²) >= 11 is 1.53. The molecule has 0 saturated heterocycles. The van der Waals surface area contributed by atoms with Crippen LogP contribution in [-0.4, -0.2) is 39.5 Å². The average molecular weight is 301 g/mol. The fourth-order valence-corrected chi connectivity index (χ4v) is 2.58. The zero-order chi connectivity index (χ0) is 15.2. The lowest BCUT2D eigenvalue weighted by Crippen LogP contribution is -2.26. The van der Waals surface area contributed by atoms with E-state index < -0.39 is 0 Å². The van der Waals surface area contributed by atoms with Crippen molar-refractivity contribution >= 4 is 17.2 Å². The summed E-state index contributed by atoms with van der Waals surface area (Å²) in [4.78, 5) is 23.3. The topological polar surface area (TPSA) is 66.3 Å². The van der Waals surface area contributed by atoms with Crippen LogP contribution in [0.3, 0.4) is 0 Å². The van der Waals surface area contributed by atoms with Gasteiger partial charge < -0.3 is 10.0 Å². The number of pyridine rings is 1. The lowest BCUT2D eigenvalue weighted by Gasteiger charge is -2.16. The molecule has 0 aromatic carbocycles. The van der Waals surface area contributed by atoms with Crippen LogP contribution >= 0.6 is 11.3 Å². The fourth-order valence-electron chi connectivity index (χ4n) is 1.75. The van der Waals surface area contributed by atoms with Gasteiger partial charge in [-0.15, -0.1) is 11.3 Å². The average Bonchev–Trinajstić information content (AvgIpc) is 2.90. The van der Waals surface area contributed by atoms with Crippen molar-refractivity contribution < 1.29 is 9.90 Å². The Morgan fingerprint density at radius 1 is 1.48 bits per heavy atom. The van der Waals surface area contributed by atoms with Crippen molar-refractivity contribution in [2.24, 2.45) is 0 Å². The van der Waals surface area contributed by atoms with E-state index in [1.165, 1.54) is 17.5 Å². The number of hydrogen-bond donors (Lipinski definition) is 1. The molecule has 0 radical (unpaired) electrons. The van der Waals surface area contributed by atoms with Gasteiger partial charge in [-0.05, 0) is 13.0 Å². The maximum Gasteiger partial charge on any atom is 0.255 e. The van der Waals surface area contributed by atoms with Gasteiger partial charge in [0.05, 0.1) is 23.3 Å². The highest BCUT2D eigenvalue weighted by Gasteiger charge is 2.14. The Balaban J connectivity index is 2.14. The molecule has 0 unspecified atom stereocenters. The van der Waals surface area contributed by atoms with E-state index in [9.17, 15) is 4.79 Å². The SMILES string of the molecule is Cc1ncsc1CN(C)C(=O)c1cncc(C#CCO)c1. The number of aromatic nitrogens is 2. The first-order chi connectivity index (χ1) is 10.1. The lowest BCUT2D eigenvalue weighted by atomic mass is 10.2. The molecule has 21 heavy (non-hydrogen) atoms. The number of rotatable bonds is 3. The zero-order valence-corrected chi connectivity index (χ0v) is 12.6. The molecule has 1 N–H and O–H groups in total. The fraction of sp³-hybridized carbons (Fsp3) is 0.267. The van der Waals surface area contributed by atoms with Crippen molar-refractivity contribution in [1.29, 1.82) is 0 Å². The second-order valence-corrected chi connectivity index (χ2v) is 5.38. The Hall–Kier alpha value is -2.23. The molecule has 0 atom stereocenters. The number of nitrogens with zero attached hydrogens (tertiary/aromatic N) is 3. The highest BCUT2D eigenvalue weighted by atomic mass is 32.1. The molecule has 6 heteroatoms. The molecule has 2 heterocycles. The Morgan fingerprint density at radius 2 is 2.29 bits per heavy atom. The number of hydrogen-bond acceptors (Lipinski definition) is 5. The maximum atomic E-state index is 12.4. The van der Waals surface area contributed by atoms with Gasteiger partial charge in [0.15, 0.2) is 0 Å². The Morgan fingerprint density at radius 3 is 2.95 bits per heavy atom. The van der Waals surface area contributed by atoms with E-state index in [0.717, 1.165) is 10.6 Å². The van der Waals surface area contributed by atoms with Crippen molar-refractivity contribution in [2.45, 2.75) is 13.5 Å². The van der Waals surface area contributed by atoms with E-state index >= 15 is 0 Å². The first-order valence-corrected chi connectivity index (χ1v) is 7.19. The molecule has 0 aliphatic rings. The molecule has 0 fully saturated rings. The minimum absolute atomic E-state index is 0.122. The molecule has 5 nitrogen and oxygen atoms in total. The van der Waals surface area contributed by atoms with Crippen LogP contribution in [-0.2, 0) is 6.54 Å². The van der Waals surface area contributed by atoms with Gasteiger partial charge in [-0.3, -0.25) is 9.78 Å². The number of carbonyl (C=O) groups is 1. The normalized spacial score (nSPS) is 9.86. The van der Waals surface area contributed by atoms with Crippen LogP contribution in [0.5, 0.6) is 0 Å². The van der Waals surface area contributed by atoms with Crippen molar-refractivity contribution in [2.75, 3.05) is 13.7 Å². The van der Waals surface area contributed by atoms with Crippen molar-refractivity contribution in [3.8, 4) is 11.8 Å². The van der Waals surface area contributed by atoms with E-state index in [1.807, 2.05) is 6.92 Å². The van der Waals surface area contributed by atoms with Gasteiger partial charge in [0.1, 0.15) is 6.61 Å². The Kier molecular flexibility index (Phi) is 5.04. The molecule has 2 aromatic rings. The van der Waals surface area contributed by atoms with Crippen LogP contribution in [0.15, 0.2) is 24.0 Å². The van der Waals surface area contributed by atoms with Gasteiger partial charge in [0.25, 0.3) is 5.91 Å². The summed E-state index contributed by atoms with van der Waals surface area (Å²) < 4.78 is 0. The molecule has 1 amide bonds. The monoisotopic (exact) mass is 301 g/mol. The third-order valence-corrected chi connectivity index (χ3v) is 3.79. The zero-order valence-electron chi connectivity index (χ0n) is 11.8. The van der Waals surface area contributed by atoms with E-state index in [-0.39, 0.29) is 12.5 Å². The molecule has 108 valence electrons. The molecular formula is C15H15N3O2S. The van der Waals surface area contributed by atoms with Gasteiger partial charge in [-0.1, -0.05) is 11.8 Å². The van der Waals surface area contributed by atoms with E-state index in [2.05, 4.69) is 21.8 Å². The quantitative estimate of drug-likeness (QED) is 0.872. The number of amides is 1. The number of carbonyl (C=O) groups excluding carboxylic acids is 1. The second kappa shape index (κ2) is 6.97. The molecule has 0 aliphatic carbocycles. The molecule has 2 rings (SSSR count). The van der Waals surface area contributed by atoms with E-state index in [0.29, 0.717) is 17.7 Å². The first kappa shape index (κ1) is 15.2. The standard InChI is InChI=1S/C15H15N3O2S/c1-11-14(21-10-17-11)9-18(2)15(20)13-6-12(4-3-5-19)7-16-8-13/h6-8,10,19H,5,9H2,1-2H3. The Bertz CT molecular complexity index is 700. The van der Waals surface area contributed by atoms with Crippen LogP contribution in [0.25, 0.3) is 0 Å². The van der Waals surface area contributed by atoms with E-state index in [4.69, 9.17) is 5.11 Å². The van der Waals surface area contributed by atoms with Crippen LogP contribution in [0, 0.1) is 18.8 Å². The number of aliphatic hydroxyl groups is 1. The first-order valence-electron chi connectivity index (χ1n) is 6.31. The number of thiazole rings is 1. The molecule has 2 aromatic heterocycles. The number of aryl methyl sites for hydroxylation is 1. The number of aliphatic hydroxyl groups excluding tert-OH is 1. The van der Waals surface area contributed by atoms with Crippen LogP contribution in [0.4, 0.5) is 0 Å².